The molecule has 0 bridgehead atoms. The van der Waals surface area contributed by atoms with Crippen LogP contribution in [0.1, 0.15) is 0 Å². The van der Waals surface area contributed by atoms with Crippen molar-refractivity contribution in [3.05, 3.63) is 43.7 Å². The van der Waals surface area contributed by atoms with Gasteiger partial charge in [-0.05, 0) is 28.7 Å². The van der Waals surface area contributed by atoms with Crippen LogP contribution in [-0.4, -0.2) is 39.9 Å². The number of hydrogen-bond acceptors (Lipinski definition) is 6. The van der Waals surface area contributed by atoms with Crippen LogP contribution in [-0.2, 0) is 9.59 Å². The Morgan fingerprint density at radius 1 is 1.38 bits per heavy atom. The Morgan fingerprint density at radius 3 is 2.71 bits per heavy atom. The molecule has 0 atom stereocenters. The van der Waals surface area contributed by atoms with Crippen LogP contribution in [0.2, 0.25) is 0 Å². The van der Waals surface area contributed by atoms with E-state index in [-0.39, 0.29) is 30.2 Å². The molecule has 0 saturated carbocycles. The van der Waals surface area contributed by atoms with Crippen LogP contribution in [0.4, 0.5) is 11.4 Å². The summed E-state index contributed by atoms with van der Waals surface area (Å²) in [6, 6.07) is 4.47. The van der Waals surface area contributed by atoms with Gasteiger partial charge in [0.05, 0.1) is 18.1 Å². The first-order valence-corrected chi connectivity index (χ1v) is 6.92. The van der Waals surface area contributed by atoms with E-state index in [1.54, 1.807) is 6.07 Å². The van der Waals surface area contributed by atoms with Gasteiger partial charge in [-0.2, -0.15) is 0 Å². The molecular weight excluding hydrogens is 393 g/mol. The summed E-state index contributed by atoms with van der Waals surface area (Å²) in [4.78, 5) is 34.9. The number of nitro benzene ring substituents is 1. The number of nitro groups is 1. The van der Waals surface area contributed by atoms with E-state index in [9.17, 15) is 19.7 Å². The van der Waals surface area contributed by atoms with E-state index < -0.39 is 16.7 Å². The third-order valence-corrected chi connectivity index (χ3v) is 3.68. The Hall–Kier alpha value is -2.01. The first-order chi connectivity index (χ1) is 9.95. The Labute approximate surface area is 132 Å². The molecule has 0 aromatic heterocycles. The molecule has 1 aliphatic rings. The number of aliphatic hydroxyl groups is 1. The largest absolute Gasteiger partial charge is 0.395 e. The number of anilines is 1. The van der Waals surface area contributed by atoms with E-state index in [4.69, 9.17) is 5.11 Å². The average Bonchev–Trinajstić information content (AvgIpc) is 2.69. The van der Waals surface area contributed by atoms with Gasteiger partial charge in [-0.25, -0.2) is 0 Å². The second kappa shape index (κ2) is 6.18. The molecule has 0 fully saturated rings. The summed E-state index contributed by atoms with van der Waals surface area (Å²) in [6.07, 6.45) is 1.06. The van der Waals surface area contributed by atoms with Gasteiger partial charge in [0.15, 0.2) is 0 Å². The van der Waals surface area contributed by atoms with Crippen LogP contribution < -0.4 is 5.32 Å². The topological polar surface area (TPSA) is 113 Å². The zero-order valence-electron chi connectivity index (χ0n) is 10.6. The summed E-state index contributed by atoms with van der Waals surface area (Å²) in [7, 11) is 0. The molecule has 110 valence electrons. The maximum absolute atomic E-state index is 12.0. The molecule has 0 unspecified atom stereocenters. The SMILES string of the molecule is O=C1C=C(Nc2c(I)cccc2[N+](=O)[O-])C(=O)N1CCO. The van der Waals surface area contributed by atoms with Crippen molar-refractivity contribution in [3.63, 3.8) is 0 Å². The van der Waals surface area contributed by atoms with Crippen molar-refractivity contribution in [1.29, 1.82) is 0 Å². The number of β-amino-alcohol motifs (C(OH)–C–C–N with tert-alkyl or cyclic N) is 1. The summed E-state index contributed by atoms with van der Waals surface area (Å²) < 4.78 is 0.545. The third-order valence-electron chi connectivity index (χ3n) is 2.78. The van der Waals surface area contributed by atoms with Crippen molar-refractivity contribution in [2.75, 3.05) is 18.5 Å². The fourth-order valence-electron chi connectivity index (χ4n) is 1.83. The maximum Gasteiger partial charge on any atom is 0.293 e. The van der Waals surface area contributed by atoms with Gasteiger partial charge in [0.25, 0.3) is 17.5 Å². The highest BCUT2D eigenvalue weighted by Gasteiger charge is 2.32. The zero-order chi connectivity index (χ0) is 15.6. The van der Waals surface area contributed by atoms with E-state index in [1.165, 1.54) is 12.1 Å². The first kappa shape index (κ1) is 15.4. The quantitative estimate of drug-likeness (QED) is 0.326. The standard InChI is InChI=1S/C12H10IN3O5/c13-7-2-1-3-9(16(20)21)11(7)14-8-6-10(18)15(4-5-17)12(8)19/h1-3,6,14,17H,4-5H2. The minimum Gasteiger partial charge on any atom is -0.395 e. The summed E-state index contributed by atoms with van der Waals surface area (Å²) >= 11 is 1.90. The lowest BCUT2D eigenvalue weighted by Gasteiger charge is -2.14. The molecule has 9 heteroatoms. The lowest BCUT2D eigenvalue weighted by Crippen LogP contribution is -2.34. The number of nitrogens with zero attached hydrogens (tertiary/aromatic N) is 2. The lowest BCUT2D eigenvalue weighted by molar-refractivity contribution is -0.384. The minimum absolute atomic E-state index is 0.0549. The molecule has 1 aromatic rings. The van der Waals surface area contributed by atoms with Gasteiger partial charge in [-0.15, -0.1) is 0 Å². The zero-order valence-corrected chi connectivity index (χ0v) is 12.7. The molecule has 2 N–H and O–H groups in total. The highest BCUT2D eigenvalue weighted by Crippen LogP contribution is 2.31. The van der Waals surface area contributed by atoms with Gasteiger partial charge in [-0.1, -0.05) is 6.07 Å². The number of aliphatic hydroxyl groups excluding tert-OH is 1. The Morgan fingerprint density at radius 2 is 2.10 bits per heavy atom. The van der Waals surface area contributed by atoms with Crippen LogP contribution in [0.25, 0.3) is 0 Å². The van der Waals surface area contributed by atoms with Crippen LogP contribution in [0, 0.1) is 13.7 Å². The molecule has 0 saturated heterocycles. The smallest absolute Gasteiger partial charge is 0.293 e. The van der Waals surface area contributed by atoms with E-state index in [0.717, 1.165) is 11.0 Å². The molecule has 0 radical (unpaired) electrons. The van der Waals surface area contributed by atoms with Gasteiger partial charge < -0.3 is 10.4 Å². The number of amides is 2. The lowest BCUT2D eigenvalue weighted by atomic mass is 10.2. The molecule has 0 aliphatic carbocycles. The number of hydrogen-bond donors (Lipinski definition) is 2. The highest BCUT2D eigenvalue weighted by atomic mass is 127. The number of benzene rings is 1. The van der Waals surface area contributed by atoms with E-state index in [1.807, 2.05) is 22.6 Å². The van der Waals surface area contributed by atoms with Crippen molar-refractivity contribution in [2.24, 2.45) is 0 Å². The molecule has 21 heavy (non-hydrogen) atoms. The van der Waals surface area contributed by atoms with Gasteiger partial charge in [-0.3, -0.25) is 24.6 Å². The molecule has 2 rings (SSSR count). The number of carbonyl (C=O) groups is 2. The Balaban J connectivity index is 2.32. The number of rotatable bonds is 5. The van der Waals surface area contributed by atoms with Crippen LogP contribution in [0.5, 0.6) is 0 Å². The number of carbonyl (C=O) groups excluding carboxylic acids is 2. The molecular formula is C12H10IN3O5. The maximum atomic E-state index is 12.0. The van der Waals surface area contributed by atoms with Crippen LogP contribution in [0.15, 0.2) is 30.0 Å². The van der Waals surface area contributed by atoms with Crippen molar-refractivity contribution in [2.45, 2.75) is 0 Å². The Kier molecular flexibility index (Phi) is 4.53. The summed E-state index contributed by atoms with van der Waals surface area (Å²) in [5.41, 5.74) is -0.0920. The fourth-order valence-corrected chi connectivity index (χ4v) is 2.45. The van der Waals surface area contributed by atoms with Crippen molar-refractivity contribution in [3.8, 4) is 0 Å². The van der Waals surface area contributed by atoms with Gasteiger partial charge >= 0.3 is 0 Å². The van der Waals surface area contributed by atoms with Gasteiger partial charge in [0.1, 0.15) is 11.4 Å². The molecule has 1 heterocycles. The molecule has 8 nitrogen and oxygen atoms in total. The first-order valence-electron chi connectivity index (χ1n) is 5.84. The average molecular weight is 403 g/mol. The second-order valence-corrected chi connectivity index (χ2v) is 5.25. The van der Waals surface area contributed by atoms with E-state index >= 15 is 0 Å². The highest BCUT2D eigenvalue weighted by molar-refractivity contribution is 14.1. The van der Waals surface area contributed by atoms with Gasteiger partial charge in [0, 0.05) is 15.7 Å². The second-order valence-electron chi connectivity index (χ2n) is 4.09. The number of para-hydroxylation sites is 1. The molecule has 1 aliphatic heterocycles. The third kappa shape index (κ3) is 3.03. The Bertz CT molecular complexity index is 658. The predicted octanol–water partition coefficient (Wildman–Crippen LogP) is 0.856. The van der Waals surface area contributed by atoms with Crippen molar-refractivity contribution >= 4 is 45.8 Å². The number of nitrogens with one attached hydrogen (secondary N) is 1. The summed E-state index contributed by atoms with van der Waals surface area (Å²) in [5, 5.41) is 22.5. The normalized spacial score (nSPS) is 14.4. The molecule has 2 amide bonds. The summed E-state index contributed by atoms with van der Waals surface area (Å²) in [5.74, 6) is -1.19. The summed E-state index contributed by atoms with van der Waals surface area (Å²) in [6.45, 7) is -0.463. The molecule has 1 aromatic carbocycles. The van der Waals surface area contributed by atoms with Crippen molar-refractivity contribution in [1.82, 2.24) is 4.90 Å². The van der Waals surface area contributed by atoms with Crippen LogP contribution >= 0.6 is 22.6 Å². The molecule has 0 spiro atoms. The van der Waals surface area contributed by atoms with E-state index in [2.05, 4.69) is 5.32 Å². The van der Waals surface area contributed by atoms with Gasteiger partial charge in [0.2, 0.25) is 0 Å². The van der Waals surface area contributed by atoms with E-state index in [0.29, 0.717) is 3.57 Å². The minimum atomic E-state index is -0.622. The predicted molar refractivity (Wildman–Crippen MR) is 81.3 cm³/mol. The van der Waals surface area contributed by atoms with Crippen LogP contribution in [0.3, 0.4) is 0 Å². The number of imide groups is 1. The fraction of sp³-hybridized carbons (Fsp3) is 0.167. The number of halogens is 1. The monoisotopic (exact) mass is 403 g/mol. The van der Waals surface area contributed by atoms with Crippen molar-refractivity contribution < 1.29 is 19.6 Å².